The molecule has 0 aliphatic heterocycles. The van der Waals surface area contributed by atoms with E-state index in [1.165, 1.54) is 12.1 Å². The average molecular weight is 274 g/mol. The van der Waals surface area contributed by atoms with Crippen LogP contribution in [0.5, 0.6) is 5.75 Å². The van der Waals surface area contributed by atoms with Crippen molar-refractivity contribution in [2.24, 2.45) is 0 Å². The van der Waals surface area contributed by atoms with Crippen molar-refractivity contribution in [2.45, 2.75) is 6.92 Å². The molecule has 0 aliphatic rings. The summed E-state index contributed by atoms with van der Waals surface area (Å²) in [6, 6.07) is 9.21. The van der Waals surface area contributed by atoms with E-state index in [1.807, 2.05) is 6.92 Å². The van der Waals surface area contributed by atoms with Gasteiger partial charge >= 0.3 is 0 Å². The van der Waals surface area contributed by atoms with E-state index in [0.29, 0.717) is 5.69 Å². The van der Waals surface area contributed by atoms with Gasteiger partial charge in [0.2, 0.25) is 0 Å². The minimum Gasteiger partial charge on any atom is -0.496 e. The largest absolute Gasteiger partial charge is 0.496 e. The molecule has 0 saturated carbocycles. The summed E-state index contributed by atoms with van der Waals surface area (Å²) in [7, 11) is 1.58. The third-order valence-electron chi connectivity index (χ3n) is 2.92. The summed E-state index contributed by atoms with van der Waals surface area (Å²) in [5, 5.41) is 2.70. The molecule has 0 aliphatic carbocycles. The van der Waals surface area contributed by atoms with Gasteiger partial charge in [0, 0.05) is 11.3 Å². The van der Waals surface area contributed by atoms with Gasteiger partial charge < -0.3 is 15.8 Å². The molecule has 0 heterocycles. The van der Waals surface area contributed by atoms with Crippen molar-refractivity contribution in [3.63, 3.8) is 0 Å². The molecule has 2 rings (SSSR count). The highest BCUT2D eigenvalue weighted by atomic mass is 19.1. The Morgan fingerprint density at radius 1 is 1.25 bits per heavy atom. The van der Waals surface area contributed by atoms with E-state index in [1.54, 1.807) is 25.3 Å². The van der Waals surface area contributed by atoms with Crippen LogP contribution in [0.15, 0.2) is 36.4 Å². The smallest absolute Gasteiger partial charge is 0.255 e. The highest BCUT2D eigenvalue weighted by Gasteiger charge is 2.09. The zero-order chi connectivity index (χ0) is 14.7. The number of benzene rings is 2. The first-order chi connectivity index (χ1) is 9.51. The van der Waals surface area contributed by atoms with Crippen LogP contribution in [0.2, 0.25) is 0 Å². The number of carbonyl (C=O) groups excluding carboxylic acids is 1. The Kier molecular flexibility index (Phi) is 3.89. The number of nitrogen functional groups attached to an aromatic ring is 1. The molecule has 0 radical (unpaired) electrons. The molecule has 0 saturated heterocycles. The lowest BCUT2D eigenvalue weighted by Gasteiger charge is -2.09. The van der Waals surface area contributed by atoms with Crippen molar-refractivity contribution in [3.8, 4) is 5.75 Å². The Hall–Kier alpha value is -2.56. The highest BCUT2D eigenvalue weighted by Crippen LogP contribution is 2.22. The normalized spacial score (nSPS) is 10.2. The van der Waals surface area contributed by atoms with Gasteiger partial charge in [-0.1, -0.05) is 0 Å². The summed E-state index contributed by atoms with van der Waals surface area (Å²) in [6.45, 7) is 1.87. The van der Waals surface area contributed by atoms with Crippen LogP contribution in [0, 0.1) is 12.7 Å². The maximum atomic E-state index is 13.3. The summed E-state index contributed by atoms with van der Waals surface area (Å²) < 4.78 is 18.5. The predicted octanol–water partition coefficient (Wildman–Crippen LogP) is 2.98. The summed E-state index contributed by atoms with van der Waals surface area (Å²) in [4.78, 5) is 12.0. The fourth-order valence-corrected chi connectivity index (χ4v) is 1.83. The molecule has 104 valence electrons. The molecule has 0 fully saturated rings. The highest BCUT2D eigenvalue weighted by molar-refractivity contribution is 6.04. The molecule has 5 heteroatoms. The van der Waals surface area contributed by atoms with Crippen molar-refractivity contribution >= 4 is 17.3 Å². The number of carbonyl (C=O) groups is 1. The van der Waals surface area contributed by atoms with Crippen LogP contribution in [0.4, 0.5) is 15.8 Å². The fraction of sp³-hybridized carbons (Fsp3) is 0.133. The van der Waals surface area contributed by atoms with E-state index >= 15 is 0 Å². The SMILES string of the molecule is COc1ccc(NC(=O)c2ccc(N)c(F)c2)cc1C. The lowest BCUT2D eigenvalue weighted by molar-refractivity contribution is 0.102. The van der Waals surface area contributed by atoms with Crippen LogP contribution in [0.3, 0.4) is 0 Å². The zero-order valence-electron chi connectivity index (χ0n) is 11.2. The van der Waals surface area contributed by atoms with Crippen LogP contribution in [-0.4, -0.2) is 13.0 Å². The number of nitrogens with two attached hydrogens (primary N) is 1. The lowest BCUT2D eigenvalue weighted by atomic mass is 10.1. The summed E-state index contributed by atoms with van der Waals surface area (Å²) in [5.74, 6) is -0.265. The standard InChI is InChI=1S/C15H15FN2O2/c1-9-7-11(4-6-14(9)20-2)18-15(19)10-3-5-13(17)12(16)8-10/h3-8H,17H2,1-2H3,(H,18,19). The van der Waals surface area contributed by atoms with Gasteiger partial charge in [-0.05, 0) is 48.9 Å². The maximum Gasteiger partial charge on any atom is 0.255 e. The van der Waals surface area contributed by atoms with Crippen molar-refractivity contribution in [2.75, 3.05) is 18.2 Å². The van der Waals surface area contributed by atoms with Gasteiger partial charge in [0.1, 0.15) is 11.6 Å². The number of rotatable bonds is 3. The first kappa shape index (κ1) is 13.9. The quantitative estimate of drug-likeness (QED) is 0.846. The minimum atomic E-state index is -0.608. The maximum absolute atomic E-state index is 13.3. The van der Waals surface area contributed by atoms with Crippen molar-refractivity contribution in [1.29, 1.82) is 0 Å². The van der Waals surface area contributed by atoms with E-state index in [9.17, 15) is 9.18 Å². The monoisotopic (exact) mass is 274 g/mol. The Balaban J connectivity index is 2.19. The lowest BCUT2D eigenvalue weighted by Crippen LogP contribution is -2.12. The summed E-state index contributed by atoms with van der Waals surface area (Å²) in [6.07, 6.45) is 0. The predicted molar refractivity (Wildman–Crippen MR) is 76.5 cm³/mol. The van der Waals surface area contributed by atoms with E-state index in [4.69, 9.17) is 10.5 Å². The number of amides is 1. The summed E-state index contributed by atoms with van der Waals surface area (Å²) in [5.41, 5.74) is 7.11. The van der Waals surface area contributed by atoms with Gasteiger partial charge in [0.25, 0.3) is 5.91 Å². The Bertz CT molecular complexity index is 656. The van der Waals surface area contributed by atoms with Gasteiger partial charge in [-0.2, -0.15) is 0 Å². The molecule has 3 N–H and O–H groups in total. The van der Waals surface area contributed by atoms with Crippen LogP contribution >= 0.6 is 0 Å². The molecular weight excluding hydrogens is 259 g/mol. The third-order valence-corrected chi connectivity index (χ3v) is 2.92. The van der Waals surface area contributed by atoms with Gasteiger partial charge in [0.15, 0.2) is 0 Å². The van der Waals surface area contributed by atoms with Gasteiger partial charge in [-0.25, -0.2) is 4.39 Å². The molecule has 0 atom stereocenters. The number of hydrogen-bond donors (Lipinski definition) is 2. The first-order valence-electron chi connectivity index (χ1n) is 6.02. The number of nitrogens with one attached hydrogen (secondary N) is 1. The third kappa shape index (κ3) is 2.88. The Labute approximate surface area is 116 Å². The molecule has 0 aromatic heterocycles. The Morgan fingerprint density at radius 2 is 2.00 bits per heavy atom. The molecule has 2 aromatic rings. The molecule has 20 heavy (non-hydrogen) atoms. The van der Waals surface area contributed by atoms with Crippen LogP contribution in [-0.2, 0) is 0 Å². The number of halogens is 1. The molecule has 0 unspecified atom stereocenters. The number of anilines is 2. The van der Waals surface area contributed by atoms with Crippen LogP contribution < -0.4 is 15.8 Å². The number of methoxy groups -OCH3 is 1. The van der Waals surface area contributed by atoms with Gasteiger partial charge in [-0.15, -0.1) is 0 Å². The van der Waals surface area contributed by atoms with Crippen molar-refractivity contribution in [1.82, 2.24) is 0 Å². The van der Waals surface area contributed by atoms with Crippen molar-refractivity contribution in [3.05, 3.63) is 53.3 Å². The van der Waals surface area contributed by atoms with Crippen LogP contribution in [0.25, 0.3) is 0 Å². The zero-order valence-corrected chi connectivity index (χ0v) is 11.2. The van der Waals surface area contributed by atoms with Gasteiger partial charge in [0.05, 0.1) is 12.8 Å². The van der Waals surface area contributed by atoms with E-state index in [0.717, 1.165) is 17.4 Å². The van der Waals surface area contributed by atoms with E-state index in [2.05, 4.69) is 5.32 Å². The molecule has 2 aromatic carbocycles. The van der Waals surface area contributed by atoms with Crippen molar-refractivity contribution < 1.29 is 13.9 Å². The molecule has 4 nitrogen and oxygen atoms in total. The second-order valence-corrected chi connectivity index (χ2v) is 4.37. The molecule has 0 spiro atoms. The van der Waals surface area contributed by atoms with Gasteiger partial charge in [-0.3, -0.25) is 4.79 Å². The average Bonchev–Trinajstić information content (AvgIpc) is 2.42. The first-order valence-corrected chi connectivity index (χ1v) is 6.02. The summed E-state index contributed by atoms with van der Waals surface area (Å²) >= 11 is 0. The minimum absolute atomic E-state index is 0.0156. The number of aryl methyl sites for hydroxylation is 1. The fourth-order valence-electron chi connectivity index (χ4n) is 1.83. The number of ether oxygens (including phenoxy) is 1. The van der Waals surface area contributed by atoms with E-state index < -0.39 is 11.7 Å². The second-order valence-electron chi connectivity index (χ2n) is 4.37. The Morgan fingerprint density at radius 3 is 2.60 bits per heavy atom. The number of hydrogen-bond acceptors (Lipinski definition) is 3. The second kappa shape index (κ2) is 5.61. The molecular formula is C15H15FN2O2. The van der Waals surface area contributed by atoms with Crippen LogP contribution in [0.1, 0.15) is 15.9 Å². The molecule has 1 amide bonds. The van der Waals surface area contributed by atoms with E-state index in [-0.39, 0.29) is 11.3 Å². The molecule has 0 bridgehead atoms. The topological polar surface area (TPSA) is 64.3 Å².